The summed E-state index contributed by atoms with van der Waals surface area (Å²) >= 11 is 0. The maximum atomic E-state index is 7.41. The van der Waals surface area contributed by atoms with E-state index < -0.39 is 0 Å². The largest absolute Gasteiger partial charge is 0.360 e. The van der Waals surface area contributed by atoms with Crippen molar-refractivity contribution in [2.45, 2.75) is 13.8 Å². The highest BCUT2D eigenvalue weighted by atomic mass is 14.9. The number of hydrogen-bond acceptors (Lipinski definition) is 2. The second-order valence-electron chi connectivity index (χ2n) is 3.11. The lowest BCUT2D eigenvalue weighted by Crippen LogP contribution is -1.95. The van der Waals surface area contributed by atoms with Crippen molar-refractivity contribution in [3.63, 3.8) is 0 Å². The second kappa shape index (κ2) is 3.90. The average Bonchev–Trinajstić information content (AvgIpc) is 2.04. The first kappa shape index (κ1) is 9.52. The topological polar surface area (TPSA) is 35.9 Å². The normalized spacial score (nSPS) is 9.38. The molecule has 0 aliphatic carbocycles. The first-order chi connectivity index (χ1) is 6.09. The second-order valence-corrected chi connectivity index (χ2v) is 3.11. The first-order valence-electron chi connectivity index (χ1n) is 4.17. The maximum absolute atomic E-state index is 7.41. The van der Waals surface area contributed by atoms with Crippen molar-refractivity contribution in [3.05, 3.63) is 42.1 Å². The molecule has 1 rings (SSSR count). The number of hydrogen-bond donors (Lipinski definition) is 2. The third-order valence-corrected chi connectivity index (χ3v) is 1.68. The van der Waals surface area contributed by atoms with Crippen LogP contribution < -0.4 is 5.32 Å². The molecule has 0 radical (unpaired) electrons. The minimum atomic E-state index is 0.585. The van der Waals surface area contributed by atoms with Gasteiger partial charge in [0.2, 0.25) is 0 Å². The molecule has 2 nitrogen and oxygen atoms in total. The van der Waals surface area contributed by atoms with Gasteiger partial charge >= 0.3 is 0 Å². The van der Waals surface area contributed by atoms with Crippen LogP contribution in [0.1, 0.15) is 19.4 Å². The molecular weight excluding hydrogens is 160 g/mol. The Balaban J connectivity index is 2.81. The summed E-state index contributed by atoms with van der Waals surface area (Å²) in [6.45, 7) is 7.45. The summed E-state index contributed by atoms with van der Waals surface area (Å²) in [4.78, 5) is 0. The summed E-state index contributed by atoms with van der Waals surface area (Å²) in [7, 11) is 0. The van der Waals surface area contributed by atoms with Crippen LogP contribution in [0.4, 0.5) is 5.69 Å². The molecule has 1 aromatic carbocycles. The summed E-state index contributed by atoms with van der Waals surface area (Å²) in [5.74, 6) is 0. The predicted molar refractivity (Wildman–Crippen MR) is 57.4 cm³/mol. The van der Waals surface area contributed by atoms with E-state index in [9.17, 15) is 0 Å². The molecule has 68 valence electrons. The lowest BCUT2D eigenvalue weighted by Gasteiger charge is -2.05. The number of rotatable bonds is 3. The van der Waals surface area contributed by atoms with E-state index in [1.54, 1.807) is 6.92 Å². The zero-order chi connectivity index (χ0) is 9.84. The van der Waals surface area contributed by atoms with E-state index in [0.717, 1.165) is 16.9 Å². The third-order valence-electron chi connectivity index (χ3n) is 1.68. The summed E-state index contributed by atoms with van der Waals surface area (Å²) in [6.07, 6.45) is 0. The van der Waals surface area contributed by atoms with Crippen LogP contribution >= 0.6 is 0 Å². The van der Waals surface area contributed by atoms with Gasteiger partial charge in [0.05, 0.1) is 0 Å². The minimum absolute atomic E-state index is 0.585. The quantitative estimate of drug-likeness (QED) is 0.679. The molecule has 0 aromatic heterocycles. The molecule has 0 aliphatic rings. The van der Waals surface area contributed by atoms with E-state index in [1.165, 1.54) is 0 Å². The van der Waals surface area contributed by atoms with Gasteiger partial charge < -0.3 is 10.7 Å². The van der Waals surface area contributed by atoms with E-state index in [-0.39, 0.29) is 0 Å². The van der Waals surface area contributed by atoms with Gasteiger partial charge in [0.15, 0.2) is 0 Å². The third kappa shape index (κ3) is 2.75. The Bertz CT molecular complexity index is 322. The minimum Gasteiger partial charge on any atom is -0.360 e. The first-order valence-corrected chi connectivity index (χ1v) is 4.17. The summed E-state index contributed by atoms with van der Waals surface area (Å²) < 4.78 is 0. The van der Waals surface area contributed by atoms with Crippen molar-refractivity contribution in [2.24, 2.45) is 0 Å². The molecule has 2 heteroatoms. The Hall–Kier alpha value is -1.57. The van der Waals surface area contributed by atoms with Crippen LogP contribution in [-0.4, -0.2) is 5.71 Å². The number of nitrogens with one attached hydrogen (secondary N) is 2. The standard InChI is InChI=1S/C11H14N2/c1-8(2)13-11-6-4-10(5-7-11)9(3)12/h4-7,12-13H,1H2,2-3H3. The van der Waals surface area contributed by atoms with Crippen LogP contribution in [0.2, 0.25) is 0 Å². The zero-order valence-corrected chi connectivity index (χ0v) is 8.02. The molecule has 0 unspecified atom stereocenters. The van der Waals surface area contributed by atoms with Crippen LogP contribution in [0.3, 0.4) is 0 Å². The molecule has 0 fully saturated rings. The summed E-state index contributed by atoms with van der Waals surface area (Å²) in [5, 5.41) is 10.5. The highest BCUT2D eigenvalue weighted by molar-refractivity contribution is 5.96. The van der Waals surface area contributed by atoms with E-state index in [0.29, 0.717) is 5.71 Å². The van der Waals surface area contributed by atoms with Crippen molar-refractivity contribution in [2.75, 3.05) is 5.32 Å². The smallest absolute Gasteiger partial charge is 0.0381 e. The van der Waals surface area contributed by atoms with Gasteiger partial charge in [0, 0.05) is 17.1 Å². The molecule has 0 aliphatic heterocycles. The van der Waals surface area contributed by atoms with Crippen molar-refractivity contribution >= 4 is 11.4 Å². The molecular formula is C11H14N2. The summed E-state index contributed by atoms with van der Waals surface area (Å²) in [5.41, 5.74) is 3.46. The van der Waals surface area contributed by atoms with Gasteiger partial charge in [-0.2, -0.15) is 0 Å². The Labute approximate surface area is 78.8 Å². The van der Waals surface area contributed by atoms with Crippen molar-refractivity contribution in [1.29, 1.82) is 5.41 Å². The lowest BCUT2D eigenvalue weighted by atomic mass is 10.1. The zero-order valence-electron chi connectivity index (χ0n) is 8.02. The van der Waals surface area contributed by atoms with Crippen molar-refractivity contribution in [1.82, 2.24) is 0 Å². The molecule has 0 spiro atoms. The average molecular weight is 174 g/mol. The van der Waals surface area contributed by atoms with Crippen molar-refractivity contribution in [3.8, 4) is 0 Å². The van der Waals surface area contributed by atoms with Crippen LogP contribution in [0.25, 0.3) is 0 Å². The highest BCUT2D eigenvalue weighted by Gasteiger charge is 1.95. The van der Waals surface area contributed by atoms with Gasteiger partial charge in [0.1, 0.15) is 0 Å². The van der Waals surface area contributed by atoms with E-state index in [2.05, 4.69) is 11.9 Å². The SMILES string of the molecule is C=C(C)Nc1ccc(C(C)=N)cc1. The highest BCUT2D eigenvalue weighted by Crippen LogP contribution is 2.11. The van der Waals surface area contributed by atoms with Crippen LogP contribution in [0.5, 0.6) is 0 Å². The number of allylic oxidation sites excluding steroid dienone is 1. The molecule has 0 heterocycles. The predicted octanol–water partition coefficient (Wildman–Crippen LogP) is 3.02. The number of benzene rings is 1. The Morgan fingerprint density at radius 2 is 1.77 bits per heavy atom. The lowest BCUT2D eigenvalue weighted by molar-refractivity contribution is 1.39. The fourth-order valence-electron chi connectivity index (χ4n) is 1.05. The van der Waals surface area contributed by atoms with Gasteiger partial charge in [-0.15, -0.1) is 0 Å². The fraction of sp³-hybridized carbons (Fsp3) is 0.182. The van der Waals surface area contributed by atoms with E-state index in [4.69, 9.17) is 5.41 Å². The van der Waals surface area contributed by atoms with Gasteiger partial charge in [0.25, 0.3) is 0 Å². The summed E-state index contributed by atoms with van der Waals surface area (Å²) in [6, 6.07) is 7.74. The van der Waals surface area contributed by atoms with Gasteiger partial charge in [-0.3, -0.25) is 0 Å². The molecule has 13 heavy (non-hydrogen) atoms. The Morgan fingerprint density at radius 1 is 1.23 bits per heavy atom. The van der Waals surface area contributed by atoms with Gasteiger partial charge in [-0.1, -0.05) is 18.7 Å². The van der Waals surface area contributed by atoms with Gasteiger partial charge in [-0.05, 0) is 31.5 Å². The Morgan fingerprint density at radius 3 is 2.15 bits per heavy atom. The molecule has 1 aromatic rings. The molecule has 0 bridgehead atoms. The molecule has 2 N–H and O–H groups in total. The van der Waals surface area contributed by atoms with E-state index >= 15 is 0 Å². The van der Waals surface area contributed by atoms with Crippen LogP contribution in [0, 0.1) is 5.41 Å². The molecule has 0 saturated heterocycles. The maximum Gasteiger partial charge on any atom is 0.0381 e. The fourth-order valence-corrected chi connectivity index (χ4v) is 1.05. The van der Waals surface area contributed by atoms with E-state index in [1.807, 2.05) is 31.2 Å². The van der Waals surface area contributed by atoms with Crippen molar-refractivity contribution < 1.29 is 0 Å². The monoisotopic (exact) mass is 174 g/mol. The van der Waals surface area contributed by atoms with Crippen LogP contribution in [0.15, 0.2) is 36.5 Å². The molecule has 0 atom stereocenters. The van der Waals surface area contributed by atoms with Crippen LogP contribution in [-0.2, 0) is 0 Å². The van der Waals surface area contributed by atoms with Gasteiger partial charge in [-0.25, -0.2) is 0 Å². The Kier molecular flexibility index (Phi) is 2.85. The number of anilines is 1. The molecule has 0 saturated carbocycles. The molecule has 0 amide bonds.